The van der Waals surface area contributed by atoms with Crippen LogP contribution >= 0.6 is 11.8 Å². The van der Waals surface area contributed by atoms with Crippen molar-refractivity contribution in [2.24, 2.45) is 0 Å². The van der Waals surface area contributed by atoms with Crippen molar-refractivity contribution in [3.63, 3.8) is 0 Å². The van der Waals surface area contributed by atoms with Crippen LogP contribution in [0, 0.1) is 5.82 Å². The van der Waals surface area contributed by atoms with E-state index in [1.165, 1.54) is 36.0 Å². The summed E-state index contributed by atoms with van der Waals surface area (Å²) in [7, 11) is -4.26. The molecule has 0 aliphatic heterocycles. The molecular formula is C22H18F4N2O3S2. The summed E-state index contributed by atoms with van der Waals surface area (Å²) < 4.78 is 79.3. The highest BCUT2D eigenvalue weighted by Crippen LogP contribution is 2.30. The number of hydrogen-bond acceptors (Lipinski definition) is 4. The SMILES string of the molecule is CSc1ccc(S(=O)(=O)N(CC(=O)Nc2ccc(C(F)(F)F)cc2)c2cccc(F)c2)cc1. The Hall–Kier alpha value is -3.05. The van der Waals surface area contributed by atoms with Crippen LogP contribution in [0.4, 0.5) is 28.9 Å². The molecule has 11 heteroatoms. The summed E-state index contributed by atoms with van der Waals surface area (Å²) >= 11 is 1.42. The van der Waals surface area contributed by atoms with Gasteiger partial charge in [-0.25, -0.2) is 12.8 Å². The number of sulfonamides is 1. The van der Waals surface area contributed by atoms with Gasteiger partial charge in [-0.15, -0.1) is 11.8 Å². The molecule has 0 aromatic heterocycles. The van der Waals surface area contributed by atoms with Gasteiger partial charge in [0.25, 0.3) is 10.0 Å². The van der Waals surface area contributed by atoms with Crippen LogP contribution < -0.4 is 9.62 Å². The lowest BCUT2D eigenvalue weighted by Crippen LogP contribution is -2.38. The molecule has 3 aromatic carbocycles. The van der Waals surface area contributed by atoms with E-state index in [1.54, 1.807) is 12.1 Å². The number of anilines is 2. The van der Waals surface area contributed by atoms with Gasteiger partial charge in [-0.3, -0.25) is 9.10 Å². The first-order valence-electron chi connectivity index (χ1n) is 9.40. The average molecular weight is 499 g/mol. The standard InChI is InChI=1S/C22H18F4N2O3S2/c1-32-19-9-11-20(12-10-19)33(30,31)28(18-4-2-3-16(23)13-18)14-21(29)27-17-7-5-15(6-8-17)22(24,25)26/h2-13H,14H2,1H3,(H,27,29). The number of thioether (sulfide) groups is 1. The van der Waals surface area contributed by atoms with E-state index in [-0.39, 0.29) is 16.3 Å². The Bertz CT molecular complexity index is 1230. The van der Waals surface area contributed by atoms with E-state index in [1.807, 2.05) is 6.26 Å². The minimum absolute atomic E-state index is 0.0499. The number of rotatable bonds is 7. The molecule has 3 aromatic rings. The monoisotopic (exact) mass is 498 g/mol. The maximum absolute atomic E-state index is 13.8. The number of hydrogen-bond donors (Lipinski definition) is 1. The third kappa shape index (κ3) is 6.05. The van der Waals surface area contributed by atoms with Crippen LogP contribution in [-0.4, -0.2) is 27.1 Å². The molecule has 174 valence electrons. The fraction of sp³-hybridized carbons (Fsp3) is 0.136. The topological polar surface area (TPSA) is 66.5 Å². The summed E-state index contributed by atoms with van der Waals surface area (Å²) in [6.07, 6.45) is -2.70. The van der Waals surface area contributed by atoms with E-state index in [9.17, 15) is 30.8 Å². The average Bonchev–Trinajstić information content (AvgIpc) is 2.77. The van der Waals surface area contributed by atoms with Gasteiger partial charge in [-0.1, -0.05) is 6.07 Å². The molecule has 3 rings (SSSR count). The van der Waals surface area contributed by atoms with Gasteiger partial charge in [0, 0.05) is 10.6 Å². The number of nitrogens with zero attached hydrogens (tertiary/aromatic N) is 1. The zero-order valence-corrected chi connectivity index (χ0v) is 18.8. The highest BCUT2D eigenvalue weighted by molar-refractivity contribution is 7.98. The van der Waals surface area contributed by atoms with Crippen molar-refractivity contribution in [3.8, 4) is 0 Å². The van der Waals surface area contributed by atoms with Crippen molar-refractivity contribution in [3.05, 3.63) is 84.2 Å². The van der Waals surface area contributed by atoms with Crippen LogP contribution in [0.3, 0.4) is 0 Å². The molecular weight excluding hydrogens is 480 g/mol. The third-order valence-corrected chi connectivity index (χ3v) is 7.06. The highest BCUT2D eigenvalue weighted by atomic mass is 32.2. The van der Waals surface area contributed by atoms with Crippen molar-refractivity contribution < 1.29 is 30.8 Å². The Kier molecular flexibility index (Phi) is 7.33. The molecule has 0 saturated carbocycles. The molecule has 0 fully saturated rings. The molecule has 1 N–H and O–H groups in total. The van der Waals surface area contributed by atoms with Crippen LogP contribution in [-0.2, 0) is 21.0 Å². The summed E-state index contributed by atoms with van der Waals surface area (Å²) in [6, 6.07) is 14.4. The summed E-state index contributed by atoms with van der Waals surface area (Å²) in [4.78, 5) is 13.3. The van der Waals surface area contributed by atoms with Gasteiger partial charge >= 0.3 is 6.18 Å². The molecule has 0 atom stereocenters. The van der Waals surface area contributed by atoms with Gasteiger partial charge in [-0.05, 0) is 73.0 Å². The quantitative estimate of drug-likeness (QED) is 0.350. The van der Waals surface area contributed by atoms with Crippen LogP contribution in [0.5, 0.6) is 0 Å². The molecule has 0 saturated heterocycles. The van der Waals surface area contributed by atoms with Crippen molar-refractivity contribution in [1.29, 1.82) is 0 Å². The maximum atomic E-state index is 13.8. The van der Waals surface area contributed by atoms with Gasteiger partial charge < -0.3 is 5.32 Å². The Morgan fingerprint density at radius 1 is 1.00 bits per heavy atom. The molecule has 0 aliphatic rings. The predicted molar refractivity (Wildman–Crippen MR) is 119 cm³/mol. The van der Waals surface area contributed by atoms with E-state index in [0.717, 1.165) is 45.6 Å². The van der Waals surface area contributed by atoms with Crippen LogP contribution in [0.1, 0.15) is 5.56 Å². The van der Waals surface area contributed by atoms with E-state index < -0.39 is 40.0 Å². The number of amides is 1. The Morgan fingerprint density at radius 2 is 1.64 bits per heavy atom. The Labute approximate surface area is 192 Å². The number of carbonyl (C=O) groups excluding carboxylic acids is 1. The van der Waals surface area contributed by atoms with Crippen molar-refractivity contribution in [2.75, 3.05) is 22.4 Å². The van der Waals surface area contributed by atoms with Crippen molar-refractivity contribution in [2.45, 2.75) is 16.0 Å². The van der Waals surface area contributed by atoms with Gasteiger partial charge in [0.05, 0.1) is 16.1 Å². The smallest absolute Gasteiger partial charge is 0.325 e. The zero-order valence-electron chi connectivity index (χ0n) is 17.1. The molecule has 0 heterocycles. The first-order chi connectivity index (χ1) is 15.5. The number of benzene rings is 3. The zero-order chi connectivity index (χ0) is 24.2. The second kappa shape index (κ2) is 9.84. The van der Waals surface area contributed by atoms with Crippen LogP contribution in [0.25, 0.3) is 0 Å². The predicted octanol–water partition coefficient (Wildman–Crippen LogP) is 5.40. The first-order valence-corrected chi connectivity index (χ1v) is 12.1. The van der Waals surface area contributed by atoms with Gasteiger partial charge in [0.2, 0.25) is 5.91 Å². The van der Waals surface area contributed by atoms with E-state index in [2.05, 4.69) is 5.32 Å². The lowest BCUT2D eigenvalue weighted by Gasteiger charge is -2.24. The molecule has 0 unspecified atom stereocenters. The highest BCUT2D eigenvalue weighted by Gasteiger charge is 2.30. The molecule has 33 heavy (non-hydrogen) atoms. The minimum atomic E-state index is -4.53. The molecule has 0 aliphatic carbocycles. The van der Waals surface area contributed by atoms with Crippen LogP contribution in [0.15, 0.2) is 82.6 Å². The van der Waals surface area contributed by atoms with Crippen LogP contribution in [0.2, 0.25) is 0 Å². The molecule has 0 bridgehead atoms. The Morgan fingerprint density at radius 3 is 2.18 bits per heavy atom. The number of carbonyl (C=O) groups is 1. The number of alkyl halides is 3. The third-order valence-electron chi connectivity index (χ3n) is 4.53. The van der Waals surface area contributed by atoms with E-state index >= 15 is 0 Å². The number of halogens is 4. The molecule has 1 amide bonds. The summed E-state index contributed by atoms with van der Waals surface area (Å²) in [6.45, 7) is -0.725. The van der Waals surface area contributed by atoms with Gasteiger partial charge in [0.15, 0.2) is 0 Å². The van der Waals surface area contributed by atoms with Crippen molar-refractivity contribution >= 4 is 39.1 Å². The summed E-state index contributed by atoms with van der Waals surface area (Å²) in [5, 5.41) is 2.37. The van der Waals surface area contributed by atoms with E-state index in [0.29, 0.717) is 0 Å². The largest absolute Gasteiger partial charge is 0.416 e. The summed E-state index contributed by atoms with van der Waals surface area (Å²) in [5.41, 5.74) is -0.918. The normalized spacial score (nSPS) is 11.8. The van der Waals surface area contributed by atoms with Crippen molar-refractivity contribution in [1.82, 2.24) is 0 Å². The van der Waals surface area contributed by atoms with E-state index in [4.69, 9.17) is 0 Å². The Balaban J connectivity index is 1.89. The second-order valence-electron chi connectivity index (χ2n) is 6.79. The number of nitrogens with one attached hydrogen (secondary N) is 1. The lowest BCUT2D eigenvalue weighted by molar-refractivity contribution is -0.137. The fourth-order valence-electron chi connectivity index (χ4n) is 2.89. The van der Waals surface area contributed by atoms with Gasteiger partial charge in [0.1, 0.15) is 12.4 Å². The molecule has 0 spiro atoms. The minimum Gasteiger partial charge on any atom is -0.325 e. The molecule has 0 radical (unpaired) electrons. The molecule has 5 nitrogen and oxygen atoms in total. The maximum Gasteiger partial charge on any atom is 0.416 e. The first kappa shape index (κ1) is 24.6. The fourth-order valence-corrected chi connectivity index (χ4v) is 4.72. The summed E-state index contributed by atoms with van der Waals surface area (Å²) in [5.74, 6) is -1.52. The lowest BCUT2D eigenvalue weighted by atomic mass is 10.2. The van der Waals surface area contributed by atoms with Gasteiger partial charge in [-0.2, -0.15) is 13.2 Å². The second-order valence-corrected chi connectivity index (χ2v) is 9.53.